The molecule has 84 valence electrons. The van der Waals surface area contributed by atoms with E-state index in [0.717, 1.165) is 5.56 Å². The Hall–Kier alpha value is -1.17. The largest absolute Gasteiger partial charge is 0.387 e. The highest BCUT2D eigenvalue weighted by molar-refractivity contribution is 7.07. The van der Waals surface area contributed by atoms with Crippen molar-refractivity contribution in [2.45, 2.75) is 6.10 Å². The van der Waals surface area contributed by atoms with Gasteiger partial charge in [0, 0.05) is 6.54 Å². The number of aliphatic hydroxyl groups excluding tert-OH is 1. The molecule has 0 amide bonds. The summed E-state index contributed by atoms with van der Waals surface area (Å²) in [6, 6.07) is 5.26. The molecule has 0 radical (unpaired) electrons. The summed E-state index contributed by atoms with van der Waals surface area (Å²) in [7, 11) is 0. The first kappa shape index (κ1) is 11.3. The Morgan fingerprint density at radius 3 is 2.88 bits per heavy atom. The van der Waals surface area contributed by atoms with Crippen molar-refractivity contribution in [1.82, 2.24) is 10.2 Å². The van der Waals surface area contributed by atoms with Gasteiger partial charge in [-0.15, -0.1) is 10.2 Å². The lowest BCUT2D eigenvalue weighted by atomic mass is 10.2. The van der Waals surface area contributed by atoms with Gasteiger partial charge >= 0.3 is 0 Å². The quantitative estimate of drug-likeness (QED) is 0.881. The summed E-state index contributed by atoms with van der Waals surface area (Å²) in [4.78, 5) is 0. The lowest BCUT2D eigenvalue weighted by Crippen LogP contribution is -2.12. The minimum absolute atomic E-state index is 0.351. The van der Waals surface area contributed by atoms with Gasteiger partial charge < -0.3 is 10.4 Å². The number of halogens is 1. The van der Waals surface area contributed by atoms with Gasteiger partial charge in [-0.2, -0.15) is 11.3 Å². The fraction of sp³-hybridized carbons (Fsp3) is 0.200. The first-order chi connectivity index (χ1) is 7.75. The van der Waals surface area contributed by atoms with Crippen LogP contribution in [-0.2, 0) is 0 Å². The minimum Gasteiger partial charge on any atom is -0.387 e. The Kier molecular flexibility index (Phi) is 3.71. The van der Waals surface area contributed by atoms with Crippen LogP contribution in [-0.4, -0.2) is 21.8 Å². The van der Waals surface area contributed by atoms with Crippen molar-refractivity contribution < 1.29 is 5.11 Å². The molecule has 2 heterocycles. The molecule has 0 fully saturated rings. The van der Waals surface area contributed by atoms with Crippen LogP contribution in [0.3, 0.4) is 0 Å². The molecular formula is C10H10ClN3OS. The van der Waals surface area contributed by atoms with Crippen LogP contribution < -0.4 is 5.32 Å². The Morgan fingerprint density at radius 2 is 2.25 bits per heavy atom. The summed E-state index contributed by atoms with van der Waals surface area (Å²) in [5.74, 6) is 0.596. The van der Waals surface area contributed by atoms with Crippen molar-refractivity contribution in [2.75, 3.05) is 11.9 Å². The molecule has 0 spiro atoms. The maximum absolute atomic E-state index is 9.80. The average Bonchev–Trinajstić information content (AvgIpc) is 2.81. The van der Waals surface area contributed by atoms with Gasteiger partial charge in [-0.3, -0.25) is 0 Å². The third kappa shape index (κ3) is 2.91. The highest BCUT2D eigenvalue weighted by Gasteiger charge is 2.07. The van der Waals surface area contributed by atoms with Crippen LogP contribution in [0.4, 0.5) is 5.82 Å². The van der Waals surface area contributed by atoms with Crippen molar-refractivity contribution in [2.24, 2.45) is 0 Å². The Morgan fingerprint density at radius 1 is 1.38 bits per heavy atom. The molecule has 2 rings (SSSR count). The summed E-state index contributed by atoms with van der Waals surface area (Å²) in [5.41, 5.74) is 0.902. The summed E-state index contributed by atoms with van der Waals surface area (Å²) >= 11 is 7.16. The summed E-state index contributed by atoms with van der Waals surface area (Å²) in [6.07, 6.45) is -0.538. The van der Waals surface area contributed by atoms with Crippen LogP contribution in [0.5, 0.6) is 0 Å². The Bertz CT molecular complexity index is 432. The second-order valence-electron chi connectivity index (χ2n) is 3.19. The SMILES string of the molecule is OC(CNc1ccc(Cl)nn1)c1ccsc1. The maximum atomic E-state index is 9.80. The molecule has 2 aromatic rings. The highest BCUT2D eigenvalue weighted by atomic mass is 35.5. The van der Waals surface area contributed by atoms with E-state index in [1.165, 1.54) is 0 Å². The second kappa shape index (κ2) is 5.25. The van der Waals surface area contributed by atoms with Crippen molar-refractivity contribution in [3.63, 3.8) is 0 Å². The van der Waals surface area contributed by atoms with Crippen LogP contribution in [0.25, 0.3) is 0 Å². The van der Waals surface area contributed by atoms with Gasteiger partial charge in [0.1, 0.15) is 5.82 Å². The summed E-state index contributed by atoms with van der Waals surface area (Å²) in [6.45, 7) is 0.396. The smallest absolute Gasteiger partial charge is 0.151 e. The molecule has 2 aromatic heterocycles. The normalized spacial score (nSPS) is 12.4. The Balaban J connectivity index is 1.90. The van der Waals surface area contributed by atoms with E-state index >= 15 is 0 Å². The molecule has 0 saturated heterocycles. The fourth-order valence-corrected chi connectivity index (χ4v) is 2.00. The minimum atomic E-state index is -0.538. The Labute approximate surface area is 102 Å². The first-order valence-corrected chi connectivity index (χ1v) is 6.01. The van der Waals surface area contributed by atoms with Crippen molar-refractivity contribution >= 4 is 28.8 Å². The molecule has 1 unspecified atom stereocenters. The molecule has 4 nitrogen and oxygen atoms in total. The van der Waals surface area contributed by atoms with Gasteiger partial charge in [-0.05, 0) is 34.5 Å². The van der Waals surface area contributed by atoms with E-state index < -0.39 is 6.10 Å². The number of nitrogens with zero attached hydrogens (tertiary/aromatic N) is 2. The van der Waals surface area contributed by atoms with Crippen LogP contribution in [0.2, 0.25) is 5.15 Å². The molecule has 0 aliphatic rings. The van der Waals surface area contributed by atoms with Crippen LogP contribution in [0, 0.1) is 0 Å². The predicted molar refractivity (Wildman–Crippen MR) is 64.8 cm³/mol. The lowest BCUT2D eigenvalue weighted by Gasteiger charge is -2.10. The van der Waals surface area contributed by atoms with E-state index in [0.29, 0.717) is 17.5 Å². The highest BCUT2D eigenvalue weighted by Crippen LogP contribution is 2.16. The third-order valence-electron chi connectivity index (χ3n) is 2.04. The van der Waals surface area contributed by atoms with Crippen LogP contribution >= 0.6 is 22.9 Å². The summed E-state index contributed by atoms with van der Waals surface area (Å²) in [5, 5.41) is 24.5. The predicted octanol–water partition coefficient (Wildman–Crippen LogP) is 2.34. The van der Waals surface area contributed by atoms with Gasteiger partial charge in [0.25, 0.3) is 0 Å². The van der Waals surface area contributed by atoms with Gasteiger partial charge in [-0.25, -0.2) is 0 Å². The zero-order valence-corrected chi connectivity index (χ0v) is 9.87. The van der Waals surface area contributed by atoms with E-state index in [-0.39, 0.29) is 0 Å². The first-order valence-electron chi connectivity index (χ1n) is 4.69. The molecule has 1 atom stereocenters. The van der Waals surface area contributed by atoms with Gasteiger partial charge in [0.05, 0.1) is 6.10 Å². The van der Waals surface area contributed by atoms with Gasteiger partial charge in [-0.1, -0.05) is 11.6 Å². The lowest BCUT2D eigenvalue weighted by molar-refractivity contribution is 0.192. The number of aromatic nitrogens is 2. The second-order valence-corrected chi connectivity index (χ2v) is 4.36. The number of hydrogen-bond donors (Lipinski definition) is 2. The standard InChI is InChI=1S/C10H10ClN3OS/c11-9-1-2-10(14-13-9)12-5-8(15)7-3-4-16-6-7/h1-4,6,8,15H,5H2,(H,12,14). The van der Waals surface area contributed by atoms with Crippen molar-refractivity contribution in [1.29, 1.82) is 0 Å². The maximum Gasteiger partial charge on any atom is 0.151 e. The topological polar surface area (TPSA) is 58.0 Å². The number of thiophene rings is 1. The van der Waals surface area contributed by atoms with E-state index in [9.17, 15) is 5.11 Å². The van der Waals surface area contributed by atoms with Crippen LogP contribution in [0.1, 0.15) is 11.7 Å². The van der Waals surface area contributed by atoms with E-state index in [1.807, 2.05) is 16.8 Å². The molecule has 0 aromatic carbocycles. The van der Waals surface area contributed by atoms with Gasteiger partial charge in [0.15, 0.2) is 5.15 Å². The van der Waals surface area contributed by atoms with E-state index in [1.54, 1.807) is 23.5 Å². The van der Waals surface area contributed by atoms with Gasteiger partial charge in [0.2, 0.25) is 0 Å². The third-order valence-corrected chi connectivity index (χ3v) is 2.94. The van der Waals surface area contributed by atoms with Crippen LogP contribution in [0.15, 0.2) is 29.0 Å². The molecule has 16 heavy (non-hydrogen) atoms. The number of anilines is 1. The van der Waals surface area contributed by atoms with E-state index in [2.05, 4.69) is 15.5 Å². The van der Waals surface area contributed by atoms with Crippen molar-refractivity contribution in [3.05, 3.63) is 39.7 Å². The molecular weight excluding hydrogens is 246 g/mol. The summed E-state index contributed by atoms with van der Waals surface area (Å²) < 4.78 is 0. The molecule has 2 N–H and O–H groups in total. The molecule has 6 heteroatoms. The molecule has 0 bridgehead atoms. The van der Waals surface area contributed by atoms with Crippen molar-refractivity contribution in [3.8, 4) is 0 Å². The fourth-order valence-electron chi connectivity index (χ4n) is 1.19. The number of nitrogens with one attached hydrogen (secondary N) is 1. The van der Waals surface area contributed by atoms with E-state index in [4.69, 9.17) is 11.6 Å². The number of hydrogen-bond acceptors (Lipinski definition) is 5. The number of rotatable bonds is 4. The molecule has 0 saturated carbocycles. The average molecular weight is 256 g/mol. The number of aliphatic hydroxyl groups is 1. The zero-order chi connectivity index (χ0) is 11.4. The monoisotopic (exact) mass is 255 g/mol. The molecule has 0 aliphatic carbocycles. The molecule has 0 aliphatic heterocycles. The zero-order valence-electron chi connectivity index (χ0n) is 8.30.